The molecule has 0 fully saturated rings. The molecule has 0 unspecified atom stereocenters. The smallest absolute Gasteiger partial charge is 0.0274 e. The highest BCUT2D eigenvalue weighted by molar-refractivity contribution is 9.10. The van der Waals surface area contributed by atoms with E-state index in [-0.39, 0.29) is 0 Å². The molecule has 0 saturated heterocycles. The SMILES string of the molecule is Cc1sc(CN)cc1CN(C)Cc1ccccc1Br. The summed E-state index contributed by atoms with van der Waals surface area (Å²) >= 11 is 5.40. The molecule has 0 spiro atoms. The lowest BCUT2D eigenvalue weighted by Crippen LogP contribution is -2.17. The maximum absolute atomic E-state index is 5.70. The molecular weight excluding hydrogens is 320 g/mol. The van der Waals surface area contributed by atoms with Crippen molar-refractivity contribution in [3.63, 3.8) is 0 Å². The Morgan fingerprint density at radius 3 is 2.53 bits per heavy atom. The van der Waals surface area contributed by atoms with Crippen LogP contribution in [0.4, 0.5) is 0 Å². The minimum Gasteiger partial charge on any atom is -0.326 e. The van der Waals surface area contributed by atoms with Gasteiger partial charge in [0, 0.05) is 33.9 Å². The monoisotopic (exact) mass is 338 g/mol. The van der Waals surface area contributed by atoms with Gasteiger partial charge in [0.25, 0.3) is 0 Å². The van der Waals surface area contributed by atoms with Crippen molar-refractivity contribution < 1.29 is 0 Å². The van der Waals surface area contributed by atoms with Gasteiger partial charge in [-0.15, -0.1) is 11.3 Å². The van der Waals surface area contributed by atoms with Gasteiger partial charge < -0.3 is 5.73 Å². The van der Waals surface area contributed by atoms with Crippen LogP contribution in [0.3, 0.4) is 0 Å². The van der Waals surface area contributed by atoms with Crippen molar-refractivity contribution in [2.24, 2.45) is 5.73 Å². The number of rotatable bonds is 5. The van der Waals surface area contributed by atoms with Gasteiger partial charge in [-0.05, 0) is 37.2 Å². The summed E-state index contributed by atoms with van der Waals surface area (Å²) in [4.78, 5) is 4.97. The molecule has 0 aliphatic rings. The van der Waals surface area contributed by atoms with Crippen molar-refractivity contribution in [2.75, 3.05) is 7.05 Å². The Hall–Kier alpha value is -0.680. The van der Waals surface area contributed by atoms with E-state index in [1.165, 1.54) is 25.4 Å². The van der Waals surface area contributed by atoms with Crippen molar-refractivity contribution in [2.45, 2.75) is 26.6 Å². The molecule has 4 heteroatoms. The van der Waals surface area contributed by atoms with Crippen molar-refractivity contribution in [3.05, 3.63) is 55.7 Å². The quantitative estimate of drug-likeness (QED) is 0.895. The number of thiophene rings is 1. The van der Waals surface area contributed by atoms with Gasteiger partial charge in [-0.1, -0.05) is 34.1 Å². The van der Waals surface area contributed by atoms with Crippen LogP contribution >= 0.6 is 27.3 Å². The van der Waals surface area contributed by atoms with Crippen LogP contribution in [0.5, 0.6) is 0 Å². The summed E-state index contributed by atoms with van der Waals surface area (Å²) in [5, 5.41) is 0. The van der Waals surface area contributed by atoms with Crippen LogP contribution in [0, 0.1) is 6.92 Å². The second kappa shape index (κ2) is 6.66. The first kappa shape index (κ1) is 14.7. The van der Waals surface area contributed by atoms with E-state index in [0.29, 0.717) is 6.54 Å². The van der Waals surface area contributed by atoms with Crippen LogP contribution in [0.15, 0.2) is 34.8 Å². The topological polar surface area (TPSA) is 29.3 Å². The fourth-order valence-corrected chi connectivity index (χ4v) is 3.45. The van der Waals surface area contributed by atoms with Gasteiger partial charge >= 0.3 is 0 Å². The van der Waals surface area contributed by atoms with E-state index in [2.05, 4.69) is 59.1 Å². The van der Waals surface area contributed by atoms with Gasteiger partial charge in [0.15, 0.2) is 0 Å². The van der Waals surface area contributed by atoms with E-state index < -0.39 is 0 Å². The van der Waals surface area contributed by atoms with E-state index in [4.69, 9.17) is 5.73 Å². The van der Waals surface area contributed by atoms with E-state index >= 15 is 0 Å². The van der Waals surface area contributed by atoms with Crippen LogP contribution < -0.4 is 5.73 Å². The standard InChI is InChI=1S/C15H19BrN2S/c1-11-13(7-14(8-17)19-11)10-18(2)9-12-5-3-4-6-15(12)16/h3-7H,8-10,17H2,1-2H3. The number of benzene rings is 1. The van der Waals surface area contributed by atoms with Crippen molar-refractivity contribution >= 4 is 27.3 Å². The normalized spacial score (nSPS) is 11.2. The number of hydrogen-bond donors (Lipinski definition) is 1. The van der Waals surface area contributed by atoms with Gasteiger partial charge in [-0.25, -0.2) is 0 Å². The largest absolute Gasteiger partial charge is 0.326 e. The van der Waals surface area contributed by atoms with Crippen LogP contribution in [0.2, 0.25) is 0 Å². The number of hydrogen-bond acceptors (Lipinski definition) is 3. The first-order valence-electron chi connectivity index (χ1n) is 6.30. The average Bonchev–Trinajstić information content (AvgIpc) is 2.73. The summed E-state index contributed by atoms with van der Waals surface area (Å²) in [7, 11) is 2.15. The summed E-state index contributed by atoms with van der Waals surface area (Å²) in [6, 6.07) is 10.6. The Bertz CT molecular complexity index is 551. The van der Waals surface area contributed by atoms with Gasteiger partial charge in [-0.2, -0.15) is 0 Å². The molecular formula is C15H19BrN2S. The predicted molar refractivity (Wildman–Crippen MR) is 86.3 cm³/mol. The second-order valence-electron chi connectivity index (χ2n) is 4.76. The molecule has 0 aliphatic carbocycles. The fraction of sp³-hybridized carbons (Fsp3) is 0.333. The van der Waals surface area contributed by atoms with E-state index in [9.17, 15) is 0 Å². The number of nitrogens with zero attached hydrogens (tertiary/aromatic N) is 1. The first-order valence-corrected chi connectivity index (χ1v) is 7.91. The zero-order chi connectivity index (χ0) is 13.8. The summed E-state index contributed by atoms with van der Waals surface area (Å²) in [5.41, 5.74) is 8.40. The molecule has 0 radical (unpaired) electrons. The van der Waals surface area contributed by atoms with Crippen LogP contribution in [0.25, 0.3) is 0 Å². The molecule has 2 rings (SSSR count). The third kappa shape index (κ3) is 3.89. The molecule has 19 heavy (non-hydrogen) atoms. The van der Waals surface area contributed by atoms with Crippen LogP contribution in [-0.4, -0.2) is 11.9 Å². The Kier molecular flexibility index (Phi) is 5.16. The van der Waals surface area contributed by atoms with Gasteiger partial charge in [0.2, 0.25) is 0 Å². The maximum atomic E-state index is 5.70. The lowest BCUT2D eigenvalue weighted by molar-refractivity contribution is 0.318. The summed E-state index contributed by atoms with van der Waals surface area (Å²) in [6.45, 7) is 4.71. The number of halogens is 1. The zero-order valence-electron chi connectivity index (χ0n) is 11.3. The van der Waals surface area contributed by atoms with Crippen molar-refractivity contribution in [1.29, 1.82) is 0 Å². The Morgan fingerprint density at radius 1 is 1.21 bits per heavy atom. The highest BCUT2D eigenvalue weighted by atomic mass is 79.9. The third-order valence-electron chi connectivity index (χ3n) is 3.11. The summed E-state index contributed by atoms with van der Waals surface area (Å²) in [5.74, 6) is 0. The molecule has 1 aromatic carbocycles. The van der Waals surface area contributed by atoms with Crippen LogP contribution in [0.1, 0.15) is 20.9 Å². The molecule has 2 nitrogen and oxygen atoms in total. The van der Waals surface area contributed by atoms with Gasteiger partial charge in [0.05, 0.1) is 0 Å². The second-order valence-corrected chi connectivity index (χ2v) is 6.96. The minimum absolute atomic E-state index is 0.638. The molecule has 0 saturated carbocycles. The third-order valence-corrected chi connectivity index (χ3v) is 5.00. The maximum Gasteiger partial charge on any atom is 0.0274 e. The summed E-state index contributed by atoms with van der Waals surface area (Å²) < 4.78 is 1.17. The molecule has 2 aromatic rings. The average molecular weight is 339 g/mol. The Labute approximate surface area is 127 Å². The molecule has 1 aromatic heterocycles. The molecule has 1 heterocycles. The minimum atomic E-state index is 0.638. The molecule has 0 aliphatic heterocycles. The van der Waals surface area contributed by atoms with Gasteiger partial charge in [-0.3, -0.25) is 4.90 Å². The highest BCUT2D eigenvalue weighted by Gasteiger charge is 2.09. The van der Waals surface area contributed by atoms with Gasteiger partial charge in [0.1, 0.15) is 0 Å². The summed E-state index contributed by atoms with van der Waals surface area (Å²) in [6.07, 6.45) is 0. The first-order chi connectivity index (χ1) is 9.10. The molecule has 0 amide bonds. The fourth-order valence-electron chi connectivity index (χ4n) is 2.11. The lowest BCUT2D eigenvalue weighted by Gasteiger charge is -2.17. The van der Waals surface area contributed by atoms with Crippen molar-refractivity contribution in [3.8, 4) is 0 Å². The van der Waals surface area contributed by atoms with Crippen molar-refractivity contribution in [1.82, 2.24) is 4.90 Å². The molecule has 102 valence electrons. The molecule has 0 atom stereocenters. The van der Waals surface area contributed by atoms with E-state index in [0.717, 1.165) is 13.1 Å². The molecule has 2 N–H and O–H groups in total. The number of nitrogens with two attached hydrogens (primary N) is 1. The predicted octanol–water partition coefficient (Wildman–Crippen LogP) is 3.91. The van der Waals surface area contributed by atoms with E-state index in [1.54, 1.807) is 11.3 Å². The lowest BCUT2D eigenvalue weighted by atomic mass is 10.2. The zero-order valence-corrected chi connectivity index (χ0v) is 13.7. The Morgan fingerprint density at radius 2 is 1.89 bits per heavy atom. The highest BCUT2D eigenvalue weighted by Crippen LogP contribution is 2.23. The molecule has 0 bridgehead atoms. The Balaban J connectivity index is 2.03. The number of aryl methyl sites for hydroxylation is 1. The van der Waals surface area contributed by atoms with Crippen LogP contribution in [-0.2, 0) is 19.6 Å². The van der Waals surface area contributed by atoms with E-state index in [1.807, 2.05) is 6.07 Å².